The second-order valence-electron chi connectivity index (χ2n) is 3.07. The van der Waals surface area contributed by atoms with Gasteiger partial charge >= 0.3 is 0 Å². The van der Waals surface area contributed by atoms with Gasteiger partial charge in [-0.15, -0.1) is 0 Å². The van der Waals surface area contributed by atoms with Crippen molar-refractivity contribution in [3.63, 3.8) is 0 Å². The predicted molar refractivity (Wildman–Crippen MR) is 42.9 cm³/mol. The van der Waals surface area contributed by atoms with Crippen molar-refractivity contribution in [1.29, 1.82) is 0 Å². The molecule has 0 aromatic rings. The number of carbonyl (C=O) groups excluding carboxylic acids is 1. The number of carbonyl (C=O) groups is 1. The molecule has 0 spiro atoms. The molecule has 0 unspecified atom stereocenters. The normalized spacial score (nSPS) is 17.0. The van der Waals surface area contributed by atoms with Crippen LogP contribution in [-0.2, 0) is 4.79 Å². The van der Waals surface area contributed by atoms with E-state index < -0.39 is 0 Å². The van der Waals surface area contributed by atoms with Crippen LogP contribution in [0.15, 0.2) is 0 Å². The van der Waals surface area contributed by atoms with E-state index in [1.165, 1.54) is 0 Å². The molecule has 1 rings (SSSR count). The van der Waals surface area contributed by atoms with Gasteiger partial charge in [-0.05, 0) is 12.8 Å². The lowest BCUT2D eigenvalue weighted by atomic mass is 10.5. The van der Waals surface area contributed by atoms with E-state index in [0.29, 0.717) is 12.6 Å². The molecule has 0 aromatic heterocycles. The molecule has 0 heterocycles. The molecule has 4 nitrogen and oxygen atoms in total. The van der Waals surface area contributed by atoms with Crippen molar-refractivity contribution in [3.05, 3.63) is 0 Å². The molecule has 1 aliphatic carbocycles. The summed E-state index contributed by atoms with van der Waals surface area (Å²) >= 11 is 0. The summed E-state index contributed by atoms with van der Waals surface area (Å²) in [5.74, 6) is 0.0844. The van der Waals surface area contributed by atoms with Crippen LogP contribution in [0.3, 0.4) is 0 Å². The van der Waals surface area contributed by atoms with Crippen LogP contribution in [0, 0.1) is 0 Å². The fourth-order valence-electron chi connectivity index (χ4n) is 0.736. The van der Waals surface area contributed by atoms with Crippen LogP contribution in [-0.4, -0.2) is 37.6 Å². The Morgan fingerprint density at radius 2 is 2.18 bits per heavy atom. The summed E-state index contributed by atoms with van der Waals surface area (Å²) in [6.45, 7) is 0.378. The summed E-state index contributed by atoms with van der Waals surface area (Å²) in [5.41, 5.74) is 2.90. The lowest BCUT2D eigenvalue weighted by molar-refractivity contribution is -0.121. The van der Waals surface area contributed by atoms with E-state index in [2.05, 4.69) is 10.7 Å². The molecule has 1 fully saturated rings. The number of hydrazine groups is 1. The Morgan fingerprint density at radius 3 is 2.64 bits per heavy atom. The van der Waals surface area contributed by atoms with Gasteiger partial charge in [0.25, 0.3) is 0 Å². The second-order valence-corrected chi connectivity index (χ2v) is 3.07. The third kappa shape index (κ3) is 3.95. The molecular weight excluding hydrogens is 142 g/mol. The maximum atomic E-state index is 11.0. The molecule has 4 heteroatoms. The van der Waals surface area contributed by atoms with Crippen LogP contribution in [0.1, 0.15) is 12.8 Å². The van der Waals surface area contributed by atoms with E-state index in [-0.39, 0.29) is 5.91 Å². The van der Waals surface area contributed by atoms with E-state index in [1.54, 1.807) is 5.01 Å². The van der Waals surface area contributed by atoms with Crippen molar-refractivity contribution >= 4 is 5.91 Å². The molecule has 0 radical (unpaired) electrons. The highest BCUT2D eigenvalue weighted by molar-refractivity contribution is 5.78. The summed E-state index contributed by atoms with van der Waals surface area (Å²) in [6.07, 6.45) is 2.29. The molecule has 1 amide bonds. The predicted octanol–water partition coefficient (Wildman–Crippen LogP) is -0.669. The highest BCUT2D eigenvalue weighted by Gasteiger charge is 2.22. The van der Waals surface area contributed by atoms with Gasteiger partial charge in [0.05, 0.1) is 6.54 Å². The Kier molecular flexibility index (Phi) is 2.84. The first-order valence-electron chi connectivity index (χ1n) is 3.88. The summed E-state index contributed by atoms with van der Waals surface area (Å²) in [6, 6.07) is 0.464. The minimum Gasteiger partial charge on any atom is -0.352 e. The van der Waals surface area contributed by atoms with Gasteiger partial charge in [0, 0.05) is 20.1 Å². The molecule has 0 atom stereocenters. The zero-order valence-electron chi connectivity index (χ0n) is 7.05. The van der Waals surface area contributed by atoms with Crippen molar-refractivity contribution in [2.75, 3.05) is 20.6 Å². The molecule has 0 bridgehead atoms. The number of nitrogens with zero attached hydrogens (tertiary/aromatic N) is 1. The fourth-order valence-corrected chi connectivity index (χ4v) is 0.736. The van der Waals surface area contributed by atoms with Crippen LogP contribution in [0.5, 0.6) is 0 Å². The maximum absolute atomic E-state index is 11.0. The largest absolute Gasteiger partial charge is 0.352 e. The average molecular weight is 157 g/mol. The van der Waals surface area contributed by atoms with Crippen molar-refractivity contribution in [2.45, 2.75) is 18.9 Å². The van der Waals surface area contributed by atoms with Gasteiger partial charge < -0.3 is 5.32 Å². The molecule has 2 N–H and O–H groups in total. The number of hydrogen-bond acceptors (Lipinski definition) is 3. The smallest absolute Gasteiger partial charge is 0.235 e. The van der Waals surface area contributed by atoms with Crippen LogP contribution < -0.4 is 10.7 Å². The van der Waals surface area contributed by atoms with Crippen molar-refractivity contribution in [3.8, 4) is 0 Å². The highest BCUT2D eigenvalue weighted by Crippen LogP contribution is 2.17. The van der Waals surface area contributed by atoms with Crippen LogP contribution in [0.25, 0.3) is 0 Å². The van der Waals surface area contributed by atoms with Gasteiger partial charge in [-0.2, -0.15) is 0 Å². The number of amides is 1. The van der Waals surface area contributed by atoms with Gasteiger partial charge in [0.2, 0.25) is 5.91 Å². The van der Waals surface area contributed by atoms with Crippen molar-refractivity contribution in [2.24, 2.45) is 0 Å². The molecule has 0 aromatic carbocycles. The van der Waals surface area contributed by atoms with Crippen LogP contribution in [0.2, 0.25) is 0 Å². The molecule has 0 saturated heterocycles. The molecule has 11 heavy (non-hydrogen) atoms. The van der Waals surface area contributed by atoms with Crippen molar-refractivity contribution in [1.82, 2.24) is 15.8 Å². The fraction of sp³-hybridized carbons (Fsp3) is 0.857. The van der Waals surface area contributed by atoms with Crippen LogP contribution in [0.4, 0.5) is 0 Å². The minimum atomic E-state index is 0.0844. The first-order chi connectivity index (χ1) is 5.18. The third-order valence-electron chi connectivity index (χ3n) is 1.50. The van der Waals surface area contributed by atoms with Gasteiger partial charge in [-0.25, -0.2) is 5.43 Å². The molecule has 1 aliphatic rings. The minimum absolute atomic E-state index is 0.0844. The zero-order valence-corrected chi connectivity index (χ0v) is 7.05. The Balaban J connectivity index is 2.00. The van der Waals surface area contributed by atoms with Crippen LogP contribution >= 0.6 is 0 Å². The quantitative estimate of drug-likeness (QED) is 0.532. The Labute approximate surface area is 66.9 Å². The van der Waals surface area contributed by atoms with E-state index in [9.17, 15) is 4.79 Å². The first-order valence-corrected chi connectivity index (χ1v) is 3.88. The number of nitrogens with one attached hydrogen (secondary N) is 2. The molecule has 0 aliphatic heterocycles. The third-order valence-corrected chi connectivity index (χ3v) is 1.50. The van der Waals surface area contributed by atoms with E-state index in [0.717, 1.165) is 12.8 Å². The topological polar surface area (TPSA) is 44.4 Å². The van der Waals surface area contributed by atoms with Gasteiger partial charge in [-0.3, -0.25) is 9.80 Å². The Bertz CT molecular complexity index is 143. The summed E-state index contributed by atoms with van der Waals surface area (Å²) < 4.78 is 0. The Hall–Kier alpha value is -0.610. The SMILES string of the molecule is CN(C)NCC(=O)NC1CC1. The molecular formula is C7H15N3O. The lowest BCUT2D eigenvalue weighted by Gasteiger charge is -2.11. The van der Waals surface area contributed by atoms with Gasteiger partial charge in [0.15, 0.2) is 0 Å². The summed E-state index contributed by atoms with van der Waals surface area (Å²) in [5, 5.41) is 4.65. The maximum Gasteiger partial charge on any atom is 0.235 e. The Morgan fingerprint density at radius 1 is 1.55 bits per heavy atom. The highest BCUT2D eigenvalue weighted by atomic mass is 16.2. The monoisotopic (exact) mass is 157 g/mol. The molecule has 64 valence electrons. The standard InChI is InChI=1S/C7H15N3O/c1-10(2)8-5-7(11)9-6-3-4-6/h6,8H,3-5H2,1-2H3,(H,9,11). The van der Waals surface area contributed by atoms with E-state index in [1.807, 2.05) is 14.1 Å². The van der Waals surface area contributed by atoms with E-state index >= 15 is 0 Å². The second kappa shape index (κ2) is 3.69. The van der Waals surface area contributed by atoms with Gasteiger partial charge in [-0.1, -0.05) is 0 Å². The molecule has 1 saturated carbocycles. The number of hydrogen-bond donors (Lipinski definition) is 2. The van der Waals surface area contributed by atoms with E-state index in [4.69, 9.17) is 0 Å². The first kappa shape index (κ1) is 8.49. The average Bonchev–Trinajstić information content (AvgIpc) is 2.67. The summed E-state index contributed by atoms with van der Waals surface area (Å²) in [7, 11) is 3.73. The lowest BCUT2D eigenvalue weighted by Crippen LogP contribution is -2.40. The van der Waals surface area contributed by atoms with Crippen molar-refractivity contribution < 1.29 is 4.79 Å². The summed E-state index contributed by atoms with van der Waals surface area (Å²) in [4.78, 5) is 11.0. The van der Waals surface area contributed by atoms with Gasteiger partial charge in [0.1, 0.15) is 0 Å². The zero-order chi connectivity index (χ0) is 8.27. The number of rotatable bonds is 4.